The molecule has 3 aromatic rings. The lowest BCUT2D eigenvalue weighted by molar-refractivity contribution is 0.104. The number of nitrogen functional groups attached to an aromatic ring is 1. The summed E-state index contributed by atoms with van der Waals surface area (Å²) in [5.41, 5.74) is 7.65. The highest BCUT2D eigenvalue weighted by Crippen LogP contribution is 2.20. The van der Waals surface area contributed by atoms with E-state index in [1.807, 2.05) is 54.6 Å². The van der Waals surface area contributed by atoms with Gasteiger partial charge in [-0.25, -0.2) is 9.97 Å². The summed E-state index contributed by atoms with van der Waals surface area (Å²) in [6.07, 6.45) is 3.73. The molecular formula is C21H23N3O3. The van der Waals surface area contributed by atoms with E-state index < -0.39 is 0 Å². The molecule has 140 valence electrons. The van der Waals surface area contributed by atoms with E-state index in [1.54, 1.807) is 0 Å². The number of nitrogens with two attached hydrogens (primary N) is 1. The van der Waals surface area contributed by atoms with Gasteiger partial charge in [-0.15, -0.1) is 0 Å². The molecule has 0 spiro atoms. The Morgan fingerprint density at radius 1 is 0.778 bits per heavy atom. The Labute approximate surface area is 158 Å². The first-order valence-electron chi connectivity index (χ1n) is 8.84. The highest BCUT2D eigenvalue weighted by molar-refractivity contribution is 5.33. The van der Waals surface area contributed by atoms with Gasteiger partial charge in [-0.2, -0.15) is 0 Å². The molecule has 1 heterocycles. The number of hydrogen-bond acceptors (Lipinski definition) is 6. The number of nitrogens with zero attached hydrogens (tertiary/aromatic N) is 2. The average Bonchev–Trinajstić information content (AvgIpc) is 2.72. The lowest BCUT2D eigenvalue weighted by Crippen LogP contribution is -2.05. The van der Waals surface area contributed by atoms with E-state index >= 15 is 0 Å². The van der Waals surface area contributed by atoms with E-state index in [1.165, 1.54) is 12.4 Å². The van der Waals surface area contributed by atoms with Crippen molar-refractivity contribution < 1.29 is 14.2 Å². The normalized spacial score (nSPS) is 10.5. The predicted octanol–water partition coefficient (Wildman–Crippen LogP) is 3.62. The Morgan fingerprint density at radius 2 is 1.59 bits per heavy atom. The fraction of sp³-hybridized carbons (Fsp3) is 0.238. The topological polar surface area (TPSA) is 79.5 Å². The fourth-order valence-electron chi connectivity index (χ4n) is 2.42. The van der Waals surface area contributed by atoms with Gasteiger partial charge in [-0.3, -0.25) is 0 Å². The Balaban J connectivity index is 1.38. The number of rotatable bonds is 10. The van der Waals surface area contributed by atoms with Crippen LogP contribution in [-0.4, -0.2) is 23.2 Å². The van der Waals surface area contributed by atoms with Gasteiger partial charge in [-0.1, -0.05) is 48.5 Å². The lowest BCUT2D eigenvalue weighted by atomic mass is 10.2. The van der Waals surface area contributed by atoms with Crippen molar-refractivity contribution in [1.82, 2.24) is 9.97 Å². The van der Waals surface area contributed by atoms with E-state index in [0.717, 1.165) is 23.3 Å². The van der Waals surface area contributed by atoms with Crippen LogP contribution < -0.4 is 15.2 Å². The fourth-order valence-corrected chi connectivity index (χ4v) is 2.42. The molecule has 0 saturated carbocycles. The predicted molar refractivity (Wildman–Crippen MR) is 103 cm³/mol. The molecule has 3 rings (SSSR count). The molecule has 0 aliphatic heterocycles. The second kappa shape index (κ2) is 10.1. The molecule has 0 fully saturated rings. The van der Waals surface area contributed by atoms with Crippen LogP contribution in [0.5, 0.6) is 11.6 Å². The number of benzene rings is 2. The third kappa shape index (κ3) is 6.27. The molecule has 6 nitrogen and oxygen atoms in total. The average molecular weight is 365 g/mol. The SMILES string of the molecule is Nc1cnc(OCCCOCc2ccccc2OCc2ccccc2)cn1. The van der Waals surface area contributed by atoms with Crippen molar-refractivity contribution in [2.45, 2.75) is 19.6 Å². The Bertz CT molecular complexity index is 810. The van der Waals surface area contributed by atoms with E-state index in [2.05, 4.69) is 9.97 Å². The van der Waals surface area contributed by atoms with Gasteiger partial charge in [-0.05, 0) is 11.6 Å². The van der Waals surface area contributed by atoms with Gasteiger partial charge in [0, 0.05) is 12.0 Å². The molecular weight excluding hydrogens is 342 g/mol. The third-order valence-electron chi connectivity index (χ3n) is 3.80. The largest absolute Gasteiger partial charge is 0.489 e. The summed E-state index contributed by atoms with van der Waals surface area (Å²) in [6.45, 7) is 2.11. The van der Waals surface area contributed by atoms with Crippen LogP contribution in [0.15, 0.2) is 67.0 Å². The Hall–Kier alpha value is -3.12. The Morgan fingerprint density at radius 3 is 2.41 bits per heavy atom. The summed E-state index contributed by atoms with van der Waals surface area (Å²) in [7, 11) is 0. The molecule has 27 heavy (non-hydrogen) atoms. The Kier molecular flexibility index (Phi) is 7.00. The minimum atomic E-state index is 0.374. The highest BCUT2D eigenvalue weighted by atomic mass is 16.5. The second-order valence-electron chi connectivity index (χ2n) is 5.92. The molecule has 0 amide bonds. The highest BCUT2D eigenvalue weighted by Gasteiger charge is 2.04. The summed E-state index contributed by atoms with van der Waals surface area (Å²) in [4.78, 5) is 7.96. The summed E-state index contributed by atoms with van der Waals surface area (Å²) in [6, 6.07) is 18.0. The summed E-state index contributed by atoms with van der Waals surface area (Å²) in [5, 5.41) is 0. The smallest absolute Gasteiger partial charge is 0.232 e. The molecule has 0 bridgehead atoms. The van der Waals surface area contributed by atoms with E-state index in [4.69, 9.17) is 19.9 Å². The number of para-hydroxylation sites is 1. The quantitative estimate of drug-likeness (QED) is 0.553. The van der Waals surface area contributed by atoms with Crippen molar-refractivity contribution in [2.24, 2.45) is 0 Å². The maximum absolute atomic E-state index is 5.94. The van der Waals surface area contributed by atoms with E-state index in [0.29, 0.717) is 38.1 Å². The van der Waals surface area contributed by atoms with Gasteiger partial charge in [0.15, 0.2) is 0 Å². The standard InChI is InChI=1S/C21H23N3O3/c22-20-13-24-21(14-23-20)26-12-6-11-25-16-18-9-4-5-10-19(18)27-15-17-7-2-1-3-8-17/h1-5,7-10,13-14H,6,11-12,15-16H2,(H2,22,23). The van der Waals surface area contributed by atoms with Gasteiger partial charge in [0.2, 0.25) is 5.88 Å². The van der Waals surface area contributed by atoms with Crippen LogP contribution in [0.1, 0.15) is 17.5 Å². The number of ether oxygens (including phenoxy) is 3. The van der Waals surface area contributed by atoms with Gasteiger partial charge in [0.05, 0.1) is 32.2 Å². The molecule has 0 saturated heterocycles. The first-order valence-corrected chi connectivity index (χ1v) is 8.84. The number of hydrogen-bond donors (Lipinski definition) is 1. The molecule has 6 heteroatoms. The monoisotopic (exact) mass is 365 g/mol. The van der Waals surface area contributed by atoms with Gasteiger partial charge in [0.1, 0.15) is 18.2 Å². The van der Waals surface area contributed by atoms with Crippen LogP contribution in [0.25, 0.3) is 0 Å². The molecule has 0 radical (unpaired) electrons. The van der Waals surface area contributed by atoms with Crippen molar-refractivity contribution in [3.63, 3.8) is 0 Å². The molecule has 2 N–H and O–H groups in total. The van der Waals surface area contributed by atoms with Crippen molar-refractivity contribution in [1.29, 1.82) is 0 Å². The van der Waals surface area contributed by atoms with Gasteiger partial charge >= 0.3 is 0 Å². The van der Waals surface area contributed by atoms with Crippen LogP contribution in [0.2, 0.25) is 0 Å². The first kappa shape index (κ1) is 18.7. The third-order valence-corrected chi connectivity index (χ3v) is 3.80. The zero-order chi connectivity index (χ0) is 18.7. The minimum absolute atomic E-state index is 0.374. The van der Waals surface area contributed by atoms with Crippen LogP contribution in [0.3, 0.4) is 0 Å². The minimum Gasteiger partial charge on any atom is -0.489 e. The van der Waals surface area contributed by atoms with Crippen LogP contribution in [0, 0.1) is 0 Å². The second-order valence-corrected chi connectivity index (χ2v) is 5.92. The zero-order valence-electron chi connectivity index (χ0n) is 15.1. The molecule has 2 aromatic carbocycles. The maximum atomic E-state index is 5.94. The van der Waals surface area contributed by atoms with Crippen LogP contribution >= 0.6 is 0 Å². The summed E-state index contributed by atoms with van der Waals surface area (Å²) >= 11 is 0. The molecule has 0 atom stereocenters. The van der Waals surface area contributed by atoms with Crippen molar-refractivity contribution in [3.8, 4) is 11.6 Å². The maximum Gasteiger partial charge on any atom is 0.232 e. The van der Waals surface area contributed by atoms with Gasteiger partial charge in [0.25, 0.3) is 0 Å². The zero-order valence-corrected chi connectivity index (χ0v) is 15.1. The van der Waals surface area contributed by atoms with E-state index in [9.17, 15) is 0 Å². The number of aromatic nitrogens is 2. The van der Waals surface area contributed by atoms with Crippen molar-refractivity contribution in [3.05, 3.63) is 78.1 Å². The van der Waals surface area contributed by atoms with Crippen LogP contribution in [0.4, 0.5) is 5.82 Å². The lowest BCUT2D eigenvalue weighted by Gasteiger charge is -2.12. The van der Waals surface area contributed by atoms with E-state index in [-0.39, 0.29) is 0 Å². The van der Waals surface area contributed by atoms with Crippen LogP contribution in [-0.2, 0) is 18.0 Å². The molecule has 0 aliphatic carbocycles. The summed E-state index contributed by atoms with van der Waals surface area (Å²) < 4.78 is 17.2. The van der Waals surface area contributed by atoms with Gasteiger partial charge < -0.3 is 19.9 Å². The molecule has 0 unspecified atom stereocenters. The first-order chi connectivity index (χ1) is 13.3. The van der Waals surface area contributed by atoms with Crippen molar-refractivity contribution >= 4 is 5.82 Å². The molecule has 0 aliphatic rings. The van der Waals surface area contributed by atoms with Crippen molar-refractivity contribution in [2.75, 3.05) is 18.9 Å². The number of anilines is 1. The summed E-state index contributed by atoms with van der Waals surface area (Å²) in [5.74, 6) is 1.68. The molecule has 1 aromatic heterocycles.